The number of nitrogens with zero attached hydrogens (tertiary/aromatic N) is 1. The fourth-order valence-electron chi connectivity index (χ4n) is 3.03. The number of amides is 2. The van der Waals surface area contributed by atoms with Gasteiger partial charge in [-0.2, -0.15) is 0 Å². The molecule has 1 unspecified atom stereocenters. The van der Waals surface area contributed by atoms with Gasteiger partial charge in [-0.1, -0.05) is 41.9 Å². The smallest absolute Gasteiger partial charge is 0.262 e. The molecule has 2 amide bonds. The Morgan fingerprint density at radius 2 is 1.71 bits per heavy atom. The number of thioether (sulfide) groups is 1. The van der Waals surface area contributed by atoms with Crippen molar-refractivity contribution >= 4 is 57.3 Å². The van der Waals surface area contributed by atoms with Crippen molar-refractivity contribution in [3.05, 3.63) is 89.3 Å². The maximum atomic E-state index is 12.7. The number of nitrogens with one attached hydrogen (secondary N) is 2. The lowest BCUT2D eigenvalue weighted by Gasteiger charge is -2.11. The number of ether oxygens (including phenoxy) is 1. The van der Waals surface area contributed by atoms with Crippen molar-refractivity contribution < 1.29 is 14.3 Å². The Balaban J connectivity index is 1.25. The fourth-order valence-corrected chi connectivity index (χ4v) is 4.74. The third-order valence-electron chi connectivity index (χ3n) is 4.81. The first-order chi connectivity index (χ1) is 17.0. The molecular weight excluding hydrogens is 502 g/mol. The molecule has 0 saturated heterocycles. The summed E-state index contributed by atoms with van der Waals surface area (Å²) in [6, 6.07) is 23.9. The highest BCUT2D eigenvalue weighted by molar-refractivity contribution is 8.00. The number of para-hydroxylation sites is 1. The van der Waals surface area contributed by atoms with E-state index in [9.17, 15) is 9.59 Å². The van der Waals surface area contributed by atoms with Crippen molar-refractivity contribution in [1.29, 1.82) is 0 Å². The lowest BCUT2D eigenvalue weighted by molar-refractivity contribution is -0.118. The second-order valence-electron chi connectivity index (χ2n) is 7.47. The number of aromatic nitrogens is 1. The molecule has 0 aliphatic heterocycles. The van der Waals surface area contributed by atoms with Crippen LogP contribution in [-0.2, 0) is 9.59 Å². The summed E-state index contributed by atoms with van der Waals surface area (Å²) in [5.41, 5.74) is 2.38. The molecule has 0 aliphatic rings. The number of carbonyl (C=O) groups is 2. The molecule has 0 spiro atoms. The van der Waals surface area contributed by atoms with Crippen molar-refractivity contribution in [2.24, 2.45) is 0 Å². The molecular formula is C26H22ClN3O3S2. The van der Waals surface area contributed by atoms with Gasteiger partial charge in [-0.05, 0) is 55.5 Å². The van der Waals surface area contributed by atoms with E-state index < -0.39 is 0 Å². The molecule has 4 rings (SSSR count). The van der Waals surface area contributed by atoms with E-state index in [1.807, 2.05) is 66.9 Å². The monoisotopic (exact) mass is 523 g/mol. The predicted molar refractivity (Wildman–Crippen MR) is 144 cm³/mol. The average molecular weight is 524 g/mol. The van der Waals surface area contributed by atoms with Crippen LogP contribution in [0.25, 0.3) is 11.3 Å². The Morgan fingerprint density at radius 1 is 1.00 bits per heavy atom. The molecule has 0 bridgehead atoms. The summed E-state index contributed by atoms with van der Waals surface area (Å²) in [4.78, 5) is 30.2. The van der Waals surface area contributed by atoms with Crippen LogP contribution in [0, 0.1) is 0 Å². The molecule has 0 aliphatic carbocycles. The fraction of sp³-hybridized carbons (Fsp3) is 0.115. The summed E-state index contributed by atoms with van der Waals surface area (Å²) in [6.45, 7) is 1.76. The van der Waals surface area contributed by atoms with Crippen LogP contribution in [0.3, 0.4) is 0 Å². The van der Waals surface area contributed by atoms with Gasteiger partial charge in [0.05, 0.1) is 10.9 Å². The van der Waals surface area contributed by atoms with Crippen molar-refractivity contribution in [3.63, 3.8) is 0 Å². The molecule has 1 atom stereocenters. The molecule has 0 fully saturated rings. The number of anilines is 2. The topological polar surface area (TPSA) is 80.3 Å². The van der Waals surface area contributed by atoms with Gasteiger partial charge in [0, 0.05) is 26.5 Å². The summed E-state index contributed by atoms with van der Waals surface area (Å²) < 4.78 is 5.45. The largest absolute Gasteiger partial charge is 0.484 e. The summed E-state index contributed by atoms with van der Waals surface area (Å²) >= 11 is 8.74. The Bertz CT molecular complexity index is 1280. The molecule has 3 aromatic carbocycles. The SMILES string of the molecule is CC(Sc1ccc(NC(=O)COc2ccccc2)cc1)C(=O)Nc1nc(-c2ccc(Cl)cc2)cs1. The van der Waals surface area contributed by atoms with E-state index in [-0.39, 0.29) is 23.7 Å². The number of hydrogen-bond acceptors (Lipinski definition) is 6. The van der Waals surface area contributed by atoms with Crippen LogP contribution < -0.4 is 15.4 Å². The van der Waals surface area contributed by atoms with E-state index >= 15 is 0 Å². The van der Waals surface area contributed by atoms with Crippen LogP contribution in [0.1, 0.15) is 6.92 Å². The minimum absolute atomic E-state index is 0.0752. The van der Waals surface area contributed by atoms with E-state index in [2.05, 4.69) is 15.6 Å². The van der Waals surface area contributed by atoms with Crippen LogP contribution in [0.15, 0.2) is 89.1 Å². The average Bonchev–Trinajstić information content (AvgIpc) is 3.33. The van der Waals surface area contributed by atoms with E-state index in [0.717, 1.165) is 16.2 Å². The molecule has 35 heavy (non-hydrogen) atoms. The number of rotatable bonds is 9. The number of halogens is 1. The standard InChI is InChI=1S/C26H22ClN3O3S2/c1-17(25(32)30-26-29-23(16-34-26)18-7-9-19(27)10-8-18)35-22-13-11-20(12-14-22)28-24(31)15-33-21-5-3-2-4-6-21/h2-14,16-17H,15H2,1H3,(H,28,31)(H,29,30,32). The van der Waals surface area contributed by atoms with Crippen LogP contribution in [0.4, 0.5) is 10.8 Å². The molecule has 0 saturated carbocycles. The Morgan fingerprint density at radius 3 is 2.43 bits per heavy atom. The molecule has 2 N–H and O–H groups in total. The lowest BCUT2D eigenvalue weighted by Crippen LogP contribution is -2.22. The van der Waals surface area contributed by atoms with Gasteiger partial charge in [0.1, 0.15) is 5.75 Å². The molecule has 0 radical (unpaired) electrons. The van der Waals surface area contributed by atoms with Gasteiger partial charge in [0.2, 0.25) is 5.91 Å². The normalized spacial score (nSPS) is 11.5. The number of hydrogen-bond donors (Lipinski definition) is 2. The van der Waals surface area contributed by atoms with Crippen molar-refractivity contribution in [2.75, 3.05) is 17.2 Å². The van der Waals surface area contributed by atoms with E-state index in [0.29, 0.717) is 21.6 Å². The minimum Gasteiger partial charge on any atom is -0.484 e. The first-order valence-corrected chi connectivity index (χ1v) is 12.9. The number of thiazole rings is 1. The van der Waals surface area contributed by atoms with Crippen molar-refractivity contribution in [2.45, 2.75) is 17.1 Å². The third kappa shape index (κ3) is 7.32. The third-order valence-corrected chi connectivity index (χ3v) is 6.93. The maximum absolute atomic E-state index is 12.7. The molecule has 6 nitrogen and oxygen atoms in total. The highest BCUT2D eigenvalue weighted by Crippen LogP contribution is 2.28. The van der Waals surface area contributed by atoms with Crippen LogP contribution in [-0.4, -0.2) is 28.7 Å². The highest BCUT2D eigenvalue weighted by atomic mass is 35.5. The summed E-state index contributed by atoms with van der Waals surface area (Å²) in [7, 11) is 0. The van der Waals surface area contributed by atoms with E-state index in [1.165, 1.54) is 23.1 Å². The highest BCUT2D eigenvalue weighted by Gasteiger charge is 2.16. The molecule has 4 aromatic rings. The maximum Gasteiger partial charge on any atom is 0.262 e. The Labute approximate surface area is 216 Å². The van der Waals surface area contributed by atoms with Crippen molar-refractivity contribution in [1.82, 2.24) is 4.98 Å². The van der Waals surface area contributed by atoms with Gasteiger partial charge in [0.25, 0.3) is 5.91 Å². The van der Waals surface area contributed by atoms with Gasteiger partial charge in [-0.15, -0.1) is 23.1 Å². The summed E-state index contributed by atoms with van der Waals surface area (Å²) in [5, 5.41) is 8.45. The van der Waals surface area contributed by atoms with Crippen LogP contribution in [0.5, 0.6) is 5.75 Å². The number of carbonyl (C=O) groups excluding carboxylic acids is 2. The number of benzene rings is 3. The first-order valence-electron chi connectivity index (χ1n) is 10.7. The van der Waals surface area contributed by atoms with E-state index in [4.69, 9.17) is 16.3 Å². The predicted octanol–water partition coefficient (Wildman–Crippen LogP) is 6.60. The Kier molecular flexibility index (Phi) is 8.41. The molecule has 178 valence electrons. The van der Waals surface area contributed by atoms with E-state index in [1.54, 1.807) is 24.3 Å². The molecule has 9 heteroatoms. The summed E-state index contributed by atoms with van der Waals surface area (Å²) in [6.07, 6.45) is 0. The zero-order valence-electron chi connectivity index (χ0n) is 18.7. The molecule has 1 aromatic heterocycles. The zero-order valence-corrected chi connectivity index (χ0v) is 21.1. The Hall–Kier alpha value is -3.33. The first kappa shape index (κ1) is 24.8. The van der Waals surface area contributed by atoms with Gasteiger partial charge >= 0.3 is 0 Å². The second-order valence-corrected chi connectivity index (χ2v) is 10.2. The quantitative estimate of drug-likeness (QED) is 0.241. The van der Waals surface area contributed by atoms with Crippen LogP contribution >= 0.6 is 34.7 Å². The van der Waals surface area contributed by atoms with Crippen LogP contribution in [0.2, 0.25) is 5.02 Å². The van der Waals surface area contributed by atoms with Gasteiger partial charge in [0.15, 0.2) is 11.7 Å². The van der Waals surface area contributed by atoms with Gasteiger partial charge in [-0.25, -0.2) is 4.98 Å². The minimum atomic E-state index is -0.336. The van der Waals surface area contributed by atoms with Crippen molar-refractivity contribution in [3.8, 4) is 17.0 Å². The summed E-state index contributed by atoms with van der Waals surface area (Å²) in [5.74, 6) is 0.256. The van der Waals surface area contributed by atoms with Gasteiger partial charge in [-0.3, -0.25) is 9.59 Å². The molecule has 1 heterocycles. The zero-order chi connectivity index (χ0) is 24.6. The second kappa shape index (κ2) is 11.9. The van der Waals surface area contributed by atoms with Gasteiger partial charge < -0.3 is 15.4 Å². The lowest BCUT2D eigenvalue weighted by atomic mass is 10.2.